The van der Waals surface area contributed by atoms with Crippen LogP contribution in [0.5, 0.6) is 5.75 Å². The number of halogens is 1. The molecule has 4 rings (SSSR count). The molecule has 3 aromatic rings. The number of morpholine rings is 1. The number of nitrogens with zero attached hydrogens (tertiary/aromatic N) is 3. The summed E-state index contributed by atoms with van der Waals surface area (Å²) in [5, 5.41) is 14.0. The predicted molar refractivity (Wildman–Crippen MR) is 130 cm³/mol. The Kier molecular flexibility index (Phi) is 6.78. The highest BCUT2D eigenvalue weighted by Gasteiger charge is 2.19. The Bertz CT molecular complexity index is 1280. The molecule has 0 atom stereocenters. The highest BCUT2D eigenvalue weighted by Crippen LogP contribution is 2.32. The number of amides is 1. The van der Waals surface area contributed by atoms with Crippen LogP contribution in [0, 0.1) is 18.3 Å². The van der Waals surface area contributed by atoms with Crippen LogP contribution < -0.4 is 15.0 Å². The van der Waals surface area contributed by atoms with E-state index in [0.717, 1.165) is 22.3 Å². The van der Waals surface area contributed by atoms with E-state index in [4.69, 9.17) is 26.1 Å². The van der Waals surface area contributed by atoms with Gasteiger partial charge < -0.3 is 19.7 Å². The fraction of sp³-hybridized carbons (Fsp3) is 0.240. The van der Waals surface area contributed by atoms with E-state index >= 15 is 0 Å². The molecule has 1 amide bonds. The Hall–Kier alpha value is -3.60. The van der Waals surface area contributed by atoms with E-state index in [2.05, 4.69) is 10.2 Å². The van der Waals surface area contributed by atoms with Crippen LogP contribution in [0.15, 0.2) is 48.0 Å². The maximum Gasteiger partial charge on any atom is 0.266 e. The number of hydrogen-bond acceptors (Lipinski definition) is 6. The first-order chi connectivity index (χ1) is 16.0. The maximum absolute atomic E-state index is 13.0. The number of methoxy groups -OCH3 is 1. The van der Waals surface area contributed by atoms with Gasteiger partial charge in [0, 0.05) is 35.1 Å². The summed E-state index contributed by atoms with van der Waals surface area (Å²) in [6.45, 7) is 4.38. The van der Waals surface area contributed by atoms with Crippen molar-refractivity contribution in [2.24, 2.45) is 0 Å². The number of ether oxygens (including phenoxy) is 2. The molecule has 1 saturated heterocycles. The van der Waals surface area contributed by atoms with Crippen LogP contribution in [0.1, 0.15) is 11.1 Å². The number of hydrogen-bond donors (Lipinski definition) is 1. The van der Waals surface area contributed by atoms with Crippen LogP contribution in [0.4, 0.5) is 11.5 Å². The molecule has 1 fully saturated rings. The lowest BCUT2D eigenvalue weighted by Gasteiger charge is -2.29. The summed E-state index contributed by atoms with van der Waals surface area (Å²) in [6, 6.07) is 15.1. The molecule has 0 spiro atoms. The first kappa shape index (κ1) is 22.6. The topological polar surface area (TPSA) is 87.5 Å². The number of carbonyl (C=O) groups excluding carboxylic acids is 1. The van der Waals surface area contributed by atoms with Crippen molar-refractivity contribution < 1.29 is 14.3 Å². The van der Waals surface area contributed by atoms with Gasteiger partial charge in [0.25, 0.3) is 5.91 Å². The van der Waals surface area contributed by atoms with Gasteiger partial charge in [0.2, 0.25) is 0 Å². The molecule has 1 N–H and O–H groups in total. The molecule has 0 saturated carbocycles. The number of nitriles is 1. The van der Waals surface area contributed by atoms with Crippen molar-refractivity contribution in [1.82, 2.24) is 4.98 Å². The third kappa shape index (κ3) is 4.92. The fourth-order valence-electron chi connectivity index (χ4n) is 3.68. The van der Waals surface area contributed by atoms with Gasteiger partial charge in [-0.05, 0) is 36.8 Å². The molecular formula is C25H23ClN4O3. The molecular weight excluding hydrogens is 440 g/mol. The molecule has 2 heterocycles. The molecule has 1 aliphatic heterocycles. The van der Waals surface area contributed by atoms with E-state index in [1.165, 1.54) is 7.11 Å². The Balaban J connectivity index is 1.73. The molecule has 7 nitrogen and oxygen atoms in total. The second-order valence-corrected chi connectivity index (χ2v) is 8.03. The number of rotatable bonds is 5. The minimum absolute atomic E-state index is 0.0451. The quantitative estimate of drug-likeness (QED) is 0.441. The zero-order valence-electron chi connectivity index (χ0n) is 18.4. The summed E-state index contributed by atoms with van der Waals surface area (Å²) >= 11 is 6.16. The van der Waals surface area contributed by atoms with Gasteiger partial charge in [-0.25, -0.2) is 4.98 Å². The lowest BCUT2D eigenvalue weighted by Crippen LogP contribution is -2.37. The highest BCUT2D eigenvalue weighted by molar-refractivity contribution is 6.31. The molecule has 33 heavy (non-hydrogen) atoms. The Labute approximate surface area is 197 Å². The zero-order valence-corrected chi connectivity index (χ0v) is 19.1. The normalized spacial score (nSPS) is 14.1. The molecule has 8 heteroatoms. The monoisotopic (exact) mass is 462 g/mol. The number of para-hydroxylation sites is 1. The lowest BCUT2D eigenvalue weighted by atomic mass is 10.1. The number of nitrogens with one attached hydrogen (secondary N) is 1. The molecule has 1 aromatic heterocycles. The zero-order chi connectivity index (χ0) is 23.4. The van der Waals surface area contributed by atoms with Crippen LogP contribution in [-0.4, -0.2) is 44.3 Å². The Morgan fingerprint density at radius 2 is 2.03 bits per heavy atom. The Morgan fingerprint density at radius 1 is 1.27 bits per heavy atom. The SMILES string of the molecule is COc1cc(Cl)c(C)cc1NC(=O)/C(C#N)=C/c1cc2ccccc2nc1N1CCOCC1. The summed E-state index contributed by atoms with van der Waals surface area (Å²) < 4.78 is 10.8. The van der Waals surface area contributed by atoms with Crippen LogP contribution in [-0.2, 0) is 9.53 Å². The predicted octanol–water partition coefficient (Wildman–Crippen LogP) is 4.59. The maximum atomic E-state index is 13.0. The molecule has 0 bridgehead atoms. The summed E-state index contributed by atoms with van der Waals surface area (Å²) in [5.74, 6) is 0.591. The number of pyridine rings is 1. The van der Waals surface area contributed by atoms with Crippen LogP contribution in [0.25, 0.3) is 17.0 Å². The summed E-state index contributed by atoms with van der Waals surface area (Å²) in [4.78, 5) is 20.0. The smallest absolute Gasteiger partial charge is 0.266 e. The number of carbonyl (C=O) groups is 1. The van der Waals surface area contributed by atoms with Gasteiger partial charge in [-0.3, -0.25) is 4.79 Å². The average Bonchev–Trinajstić information content (AvgIpc) is 2.84. The number of anilines is 2. The summed E-state index contributed by atoms with van der Waals surface area (Å²) in [6.07, 6.45) is 1.58. The van der Waals surface area contributed by atoms with Crippen LogP contribution in [0.3, 0.4) is 0 Å². The summed E-state index contributed by atoms with van der Waals surface area (Å²) in [5.41, 5.74) is 2.72. The molecule has 2 aromatic carbocycles. The molecule has 0 aliphatic carbocycles. The standard InChI is InChI=1S/C25H23ClN4O3/c1-16-11-22(23(32-2)14-20(16)26)29-25(31)19(15-27)13-18-12-17-5-3-4-6-21(17)28-24(18)30-7-9-33-10-8-30/h3-6,11-14H,7-10H2,1-2H3,(H,29,31)/b19-13+. The summed E-state index contributed by atoms with van der Waals surface area (Å²) in [7, 11) is 1.49. The van der Waals surface area contributed by atoms with Gasteiger partial charge >= 0.3 is 0 Å². The van der Waals surface area contributed by atoms with Gasteiger partial charge in [0.15, 0.2) is 0 Å². The van der Waals surface area contributed by atoms with Crippen molar-refractivity contribution in [3.8, 4) is 11.8 Å². The van der Waals surface area contributed by atoms with Gasteiger partial charge in [0.05, 0.1) is 31.5 Å². The van der Waals surface area contributed by atoms with Crippen molar-refractivity contribution in [2.75, 3.05) is 43.6 Å². The third-order valence-corrected chi connectivity index (χ3v) is 5.84. The molecule has 168 valence electrons. The first-order valence-corrected chi connectivity index (χ1v) is 10.9. The molecule has 0 unspecified atom stereocenters. The van der Waals surface area contributed by atoms with E-state index in [9.17, 15) is 10.1 Å². The molecule has 0 radical (unpaired) electrons. The van der Waals surface area contributed by atoms with Gasteiger partial charge in [0.1, 0.15) is 23.2 Å². The highest BCUT2D eigenvalue weighted by atomic mass is 35.5. The second-order valence-electron chi connectivity index (χ2n) is 7.62. The van der Waals surface area contributed by atoms with Crippen LogP contribution >= 0.6 is 11.6 Å². The molecule has 1 aliphatic rings. The minimum atomic E-state index is -0.543. The second kappa shape index (κ2) is 9.90. The van der Waals surface area contributed by atoms with Gasteiger partial charge in [-0.15, -0.1) is 0 Å². The van der Waals surface area contributed by atoms with Crippen molar-refractivity contribution in [3.05, 3.63) is 64.2 Å². The van der Waals surface area contributed by atoms with Crippen molar-refractivity contribution in [3.63, 3.8) is 0 Å². The first-order valence-electron chi connectivity index (χ1n) is 10.5. The van der Waals surface area contributed by atoms with Gasteiger partial charge in [-0.2, -0.15) is 5.26 Å². The van der Waals surface area contributed by atoms with Crippen molar-refractivity contribution >= 4 is 46.0 Å². The lowest BCUT2D eigenvalue weighted by molar-refractivity contribution is -0.112. The van der Waals surface area contributed by atoms with E-state index < -0.39 is 5.91 Å². The average molecular weight is 463 g/mol. The minimum Gasteiger partial charge on any atom is -0.495 e. The van der Waals surface area contributed by atoms with Crippen molar-refractivity contribution in [2.45, 2.75) is 6.92 Å². The van der Waals surface area contributed by atoms with E-state index in [1.54, 1.807) is 18.2 Å². The number of fused-ring (bicyclic) bond motifs is 1. The third-order valence-electron chi connectivity index (χ3n) is 5.44. The van der Waals surface area contributed by atoms with Crippen molar-refractivity contribution in [1.29, 1.82) is 5.26 Å². The van der Waals surface area contributed by atoms with E-state index in [-0.39, 0.29) is 5.57 Å². The number of aromatic nitrogens is 1. The largest absolute Gasteiger partial charge is 0.495 e. The Morgan fingerprint density at radius 3 is 2.76 bits per heavy atom. The fourth-order valence-corrected chi connectivity index (χ4v) is 3.83. The van der Waals surface area contributed by atoms with E-state index in [0.29, 0.717) is 48.3 Å². The van der Waals surface area contributed by atoms with E-state index in [1.807, 2.05) is 43.3 Å². The number of benzene rings is 2. The van der Waals surface area contributed by atoms with Gasteiger partial charge in [-0.1, -0.05) is 29.8 Å². The van der Waals surface area contributed by atoms with Crippen LogP contribution in [0.2, 0.25) is 5.02 Å². The number of aryl methyl sites for hydroxylation is 1.